The summed E-state index contributed by atoms with van der Waals surface area (Å²) in [5, 5.41) is 0. The van der Waals surface area contributed by atoms with Crippen LogP contribution in [0.3, 0.4) is 0 Å². The summed E-state index contributed by atoms with van der Waals surface area (Å²) in [6.45, 7) is 4.78. The molecular weight excluding hydrogens is 298 g/mol. The van der Waals surface area contributed by atoms with Crippen molar-refractivity contribution in [3.05, 3.63) is 54.0 Å². The Labute approximate surface area is 143 Å². The lowest BCUT2D eigenvalue weighted by molar-refractivity contribution is -0.131. The fourth-order valence-electron chi connectivity index (χ4n) is 3.39. The number of hydrogen-bond acceptors (Lipinski definition) is 2. The van der Waals surface area contributed by atoms with Crippen LogP contribution in [-0.2, 0) is 4.79 Å². The molecule has 1 N–H and O–H groups in total. The third-order valence-corrected chi connectivity index (χ3v) is 4.75. The average molecular weight is 323 g/mol. The van der Waals surface area contributed by atoms with Crippen LogP contribution in [0.2, 0.25) is 0 Å². The van der Waals surface area contributed by atoms with Crippen molar-refractivity contribution in [2.75, 3.05) is 6.54 Å². The number of H-pyrrole nitrogens is 1. The number of allylic oxidation sites excluding steroid dienone is 1. The molecule has 2 heterocycles. The fraction of sp³-hybridized carbons (Fsp3) is 0.400. The van der Waals surface area contributed by atoms with Crippen molar-refractivity contribution >= 4 is 5.91 Å². The SMILES string of the molecule is C/C=C(\CC)C(=O)N1CCCCC1c1nc(-c2ccccc2)c[nH]1. The summed E-state index contributed by atoms with van der Waals surface area (Å²) in [7, 11) is 0. The van der Waals surface area contributed by atoms with Gasteiger partial charge < -0.3 is 9.88 Å². The summed E-state index contributed by atoms with van der Waals surface area (Å²) in [6.07, 6.45) is 7.81. The van der Waals surface area contributed by atoms with Crippen LogP contribution in [0.15, 0.2) is 48.2 Å². The van der Waals surface area contributed by atoms with Gasteiger partial charge in [-0.2, -0.15) is 0 Å². The van der Waals surface area contributed by atoms with Gasteiger partial charge in [-0.3, -0.25) is 4.79 Å². The quantitative estimate of drug-likeness (QED) is 0.843. The van der Waals surface area contributed by atoms with Crippen LogP contribution in [0.4, 0.5) is 0 Å². The van der Waals surface area contributed by atoms with E-state index >= 15 is 0 Å². The number of benzene rings is 1. The van der Waals surface area contributed by atoms with Gasteiger partial charge in [-0.1, -0.05) is 43.3 Å². The molecule has 0 aliphatic carbocycles. The lowest BCUT2D eigenvalue weighted by atomic mass is 9.99. The molecule has 126 valence electrons. The Balaban J connectivity index is 1.86. The minimum atomic E-state index is 0.0465. The second-order valence-corrected chi connectivity index (χ2v) is 6.21. The molecule has 4 heteroatoms. The topological polar surface area (TPSA) is 49.0 Å². The van der Waals surface area contributed by atoms with Gasteiger partial charge in [0.2, 0.25) is 5.91 Å². The smallest absolute Gasteiger partial charge is 0.250 e. The number of hydrogen-bond donors (Lipinski definition) is 1. The summed E-state index contributed by atoms with van der Waals surface area (Å²) in [6, 6.07) is 10.2. The van der Waals surface area contributed by atoms with Crippen molar-refractivity contribution in [1.29, 1.82) is 0 Å². The molecular formula is C20H25N3O. The molecule has 1 aromatic carbocycles. The molecule has 0 spiro atoms. The fourth-order valence-corrected chi connectivity index (χ4v) is 3.39. The number of amides is 1. The summed E-state index contributed by atoms with van der Waals surface area (Å²) in [4.78, 5) is 22.9. The third-order valence-electron chi connectivity index (χ3n) is 4.75. The monoisotopic (exact) mass is 323 g/mol. The second-order valence-electron chi connectivity index (χ2n) is 6.21. The van der Waals surface area contributed by atoms with Gasteiger partial charge in [0.05, 0.1) is 11.7 Å². The van der Waals surface area contributed by atoms with Crippen molar-refractivity contribution < 1.29 is 4.79 Å². The van der Waals surface area contributed by atoms with Crippen molar-refractivity contribution in [3.8, 4) is 11.3 Å². The number of piperidine rings is 1. The van der Waals surface area contributed by atoms with Gasteiger partial charge >= 0.3 is 0 Å². The standard InChI is InChI=1S/C20H25N3O/c1-3-15(4-2)20(24)23-13-9-8-12-18(23)19-21-14-17(22-19)16-10-6-5-7-11-16/h3,5-7,10-11,14,18H,4,8-9,12-13H2,1-2H3,(H,21,22)/b15-3+. The summed E-state index contributed by atoms with van der Waals surface area (Å²) in [5.41, 5.74) is 2.92. The van der Waals surface area contributed by atoms with Crippen LogP contribution in [0.5, 0.6) is 0 Å². The second kappa shape index (κ2) is 7.47. The number of carbonyl (C=O) groups excluding carboxylic acids is 1. The molecule has 1 saturated heterocycles. The highest BCUT2D eigenvalue weighted by molar-refractivity contribution is 5.93. The van der Waals surface area contributed by atoms with Crippen molar-refractivity contribution in [2.24, 2.45) is 0 Å². The van der Waals surface area contributed by atoms with Crippen LogP contribution in [0, 0.1) is 0 Å². The molecule has 0 bridgehead atoms. The molecule has 1 unspecified atom stereocenters. The molecule has 4 nitrogen and oxygen atoms in total. The van der Waals surface area contributed by atoms with Crippen LogP contribution in [0.25, 0.3) is 11.3 Å². The van der Waals surface area contributed by atoms with Crippen molar-refractivity contribution in [2.45, 2.75) is 45.6 Å². The molecule has 1 fully saturated rings. The normalized spacial score (nSPS) is 18.7. The Bertz CT molecular complexity index is 717. The van der Waals surface area contributed by atoms with Crippen LogP contribution < -0.4 is 0 Å². The number of aromatic amines is 1. The lowest BCUT2D eigenvalue weighted by Crippen LogP contribution is -2.39. The van der Waals surface area contributed by atoms with E-state index in [4.69, 9.17) is 4.98 Å². The average Bonchev–Trinajstić information content (AvgIpc) is 3.13. The molecule has 1 atom stereocenters. The summed E-state index contributed by atoms with van der Waals surface area (Å²) < 4.78 is 0. The molecule has 3 rings (SSSR count). The molecule has 1 aliphatic rings. The Morgan fingerprint density at radius 3 is 2.83 bits per heavy atom. The molecule has 2 aromatic rings. The largest absolute Gasteiger partial charge is 0.346 e. The van der Waals surface area contributed by atoms with E-state index in [9.17, 15) is 4.79 Å². The van der Waals surface area contributed by atoms with E-state index in [1.165, 1.54) is 0 Å². The van der Waals surface area contributed by atoms with Gasteiger partial charge in [0.15, 0.2) is 0 Å². The zero-order valence-electron chi connectivity index (χ0n) is 14.5. The maximum Gasteiger partial charge on any atom is 0.250 e. The summed E-state index contributed by atoms with van der Waals surface area (Å²) in [5.74, 6) is 1.05. The van der Waals surface area contributed by atoms with Crippen LogP contribution >= 0.6 is 0 Å². The van der Waals surface area contributed by atoms with Gasteiger partial charge in [0, 0.05) is 23.9 Å². The zero-order valence-corrected chi connectivity index (χ0v) is 14.5. The molecule has 0 radical (unpaired) electrons. The maximum absolute atomic E-state index is 12.8. The van der Waals surface area contributed by atoms with Gasteiger partial charge in [-0.05, 0) is 32.6 Å². The minimum Gasteiger partial charge on any atom is -0.346 e. The van der Waals surface area contributed by atoms with E-state index in [2.05, 4.69) is 17.1 Å². The molecule has 24 heavy (non-hydrogen) atoms. The van der Waals surface area contributed by atoms with E-state index in [1.807, 2.05) is 49.2 Å². The first-order valence-corrected chi connectivity index (χ1v) is 8.81. The highest BCUT2D eigenvalue weighted by atomic mass is 16.2. The molecule has 0 saturated carbocycles. The van der Waals surface area contributed by atoms with E-state index in [0.717, 1.165) is 54.9 Å². The van der Waals surface area contributed by atoms with Crippen molar-refractivity contribution in [1.82, 2.24) is 14.9 Å². The number of nitrogens with one attached hydrogen (secondary N) is 1. The van der Waals surface area contributed by atoms with Gasteiger partial charge in [-0.15, -0.1) is 0 Å². The van der Waals surface area contributed by atoms with Crippen molar-refractivity contribution in [3.63, 3.8) is 0 Å². The maximum atomic E-state index is 12.8. The third kappa shape index (κ3) is 3.28. The number of likely N-dealkylation sites (tertiary alicyclic amines) is 1. The number of imidazole rings is 1. The zero-order chi connectivity index (χ0) is 16.9. The number of rotatable bonds is 4. The lowest BCUT2D eigenvalue weighted by Gasteiger charge is -2.35. The van der Waals surface area contributed by atoms with Crippen LogP contribution in [0.1, 0.15) is 51.4 Å². The highest BCUT2D eigenvalue weighted by Gasteiger charge is 2.31. The Kier molecular flexibility index (Phi) is 5.14. The highest BCUT2D eigenvalue weighted by Crippen LogP contribution is 2.32. The first-order valence-electron chi connectivity index (χ1n) is 8.81. The molecule has 1 aliphatic heterocycles. The van der Waals surface area contributed by atoms with E-state index in [-0.39, 0.29) is 11.9 Å². The van der Waals surface area contributed by atoms with E-state index in [0.29, 0.717) is 0 Å². The Hall–Kier alpha value is -2.36. The van der Waals surface area contributed by atoms with E-state index < -0.39 is 0 Å². The number of nitrogens with zero attached hydrogens (tertiary/aromatic N) is 2. The number of carbonyl (C=O) groups is 1. The first-order chi connectivity index (χ1) is 11.7. The predicted molar refractivity (Wildman–Crippen MR) is 96.4 cm³/mol. The Morgan fingerprint density at radius 1 is 1.33 bits per heavy atom. The molecule has 1 amide bonds. The Morgan fingerprint density at radius 2 is 2.12 bits per heavy atom. The van der Waals surface area contributed by atoms with Gasteiger partial charge in [0.1, 0.15) is 5.82 Å². The van der Waals surface area contributed by atoms with Gasteiger partial charge in [0.25, 0.3) is 0 Å². The molecule has 1 aromatic heterocycles. The predicted octanol–water partition coefficient (Wildman–Crippen LogP) is 4.49. The first kappa shape index (κ1) is 16.5. The van der Waals surface area contributed by atoms with E-state index in [1.54, 1.807) is 0 Å². The summed E-state index contributed by atoms with van der Waals surface area (Å²) >= 11 is 0. The van der Waals surface area contributed by atoms with Gasteiger partial charge in [-0.25, -0.2) is 4.98 Å². The number of aromatic nitrogens is 2. The minimum absolute atomic E-state index is 0.0465. The van der Waals surface area contributed by atoms with Crippen LogP contribution in [-0.4, -0.2) is 27.3 Å².